The van der Waals surface area contributed by atoms with Crippen LogP contribution in [-0.2, 0) is 0 Å². The second-order valence-corrected chi connectivity index (χ2v) is 4.26. The first-order valence-electron chi connectivity index (χ1n) is 5.78. The molecule has 86 valence electrons. The molecule has 1 N–H and O–H groups in total. The highest BCUT2D eigenvalue weighted by atomic mass is 19.1. The number of nitrogens with zero attached hydrogens (tertiary/aromatic N) is 1. The van der Waals surface area contributed by atoms with E-state index in [9.17, 15) is 4.39 Å². The van der Waals surface area contributed by atoms with Crippen molar-refractivity contribution in [3.05, 3.63) is 59.7 Å². The average molecular weight is 228 g/mol. The van der Waals surface area contributed by atoms with Gasteiger partial charge in [-0.25, -0.2) is 4.39 Å². The summed E-state index contributed by atoms with van der Waals surface area (Å²) in [5.41, 5.74) is 2.83. The number of hydrogen-bond donors (Lipinski definition) is 1. The molecule has 0 saturated heterocycles. The summed E-state index contributed by atoms with van der Waals surface area (Å²) in [4.78, 5) is 4.14. The fraction of sp³-hybridized carbons (Fsp3) is 0.214. The van der Waals surface area contributed by atoms with Crippen molar-refractivity contribution < 1.29 is 4.39 Å². The lowest BCUT2D eigenvalue weighted by Crippen LogP contribution is -2.18. The Morgan fingerprint density at radius 2 is 2.18 bits per heavy atom. The molecule has 0 amide bonds. The third-order valence-corrected chi connectivity index (χ3v) is 3.24. The number of nitrogens with one attached hydrogen (secondary N) is 1. The van der Waals surface area contributed by atoms with E-state index in [-0.39, 0.29) is 11.7 Å². The summed E-state index contributed by atoms with van der Waals surface area (Å²) in [5.74, 6) is 0.0757. The summed E-state index contributed by atoms with van der Waals surface area (Å²) in [6.45, 7) is 0.799. The third kappa shape index (κ3) is 1.78. The number of pyridine rings is 1. The van der Waals surface area contributed by atoms with E-state index in [0.29, 0.717) is 5.69 Å². The molecule has 3 rings (SSSR count). The highest BCUT2D eigenvalue weighted by Gasteiger charge is 2.23. The molecule has 0 bridgehead atoms. The molecular weight excluding hydrogens is 215 g/mol. The van der Waals surface area contributed by atoms with E-state index < -0.39 is 0 Å². The standard InChI is InChI=1S/C14H13FN2/c15-13-5-1-4-12-11(6-8-17-14(12)13)10-3-2-7-16-9-10/h1-5,7,9,11,17H,6,8H2. The molecule has 0 aliphatic carbocycles. The minimum absolute atomic E-state index is 0.170. The minimum atomic E-state index is -0.170. The zero-order chi connectivity index (χ0) is 11.7. The van der Waals surface area contributed by atoms with Gasteiger partial charge in [-0.2, -0.15) is 0 Å². The van der Waals surface area contributed by atoms with Crippen molar-refractivity contribution in [2.75, 3.05) is 11.9 Å². The molecule has 2 nitrogen and oxygen atoms in total. The molecule has 1 atom stereocenters. The number of halogens is 1. The van der Waals surface area contributed by atoms with Crippen molar-refractivity contribution in [3.8, 4) is 0 Å². The molecule has 0 spiro atoms. The first kappa shape index (κ1) is 10.3. The first-order chi connectivity index (χ1) is 8.36. The SMILES string of the molecule is Fc1cccc2c1NCCC2c1cccnc1. The van der Waals surface area contributed by atoms with Crippen LogP contribution in [-0.4, -0.2) is 11.5 Å². The number of benzene rings is 1. The predicted octanol–water partition coefficient (Wildman–Crippen LogP) is 3.17. The van der Waals surface area contributed by atoms with Gasteiger partial charge in [0.05, 0.1) is 5.69 Å². The second kappa shape index (κ2) is 4.17. The van der Waals surface area contributed by atoms with Crippen LogP contribution in [0.3, 0.4) is 0 Å². The lowest BCUT2D eigenvalue weighted by atomic mass is 9.86. The van der Waals surface area contributed by atoms with Crippen LogP contribution >= 0.6 is 0 Å². The summed E-state index contributed by atoms with van der Waals surface area (Å²) in [6.07, 6.45) is 4.60. The molecule has 1 aromatic heterocycles. The molecule has 2 aromatic rings. The van der Waals surface area contributed by atoms with Crippen LogP contribution in [0.15, 0.2) is 42.7 Å². The van der Waals surface area contributed by atoms with Gasteiger partial charge in [0.1, 0.15) is 5.82 Å². The summed E-state index contributed by atoms with van der Waals surface area (Å²) >= 11 is 0. The van der Waals surface area contributed by atoms with Gasteiger partial charge in [0.15, 0.2) is 0 Å². The van der Waals surface area contributed by atoms with Gasteiger partial charge in [0, 0.05) is 24.9 Å². The average Bonchev–Trinajstić information content (AvgIpc) is 2.40. The monoisotopic (exact) mass is 228 g/mol. The second-order valence-electron chi connectivity index (χ2n) is 4.26. The first-order valence-corrected chi connectivity index (χ1v) is 5.78. The lowest BCUT2D eigenvalue weighted by Gasteiger charge is -2.27. The highest BCUT2D eigenvalue weighted by Crippen LogP contribution is 2.37. The van der Waals surface area contributed by atoms with Gasteiger partial charge in [-0.15, -0.1) is 0 Å². The van der Waals surface area contributed by atoms with Gasteiger partial charge in [-0.1, -0.05) is 18.2 Å². The molecule has 1 aromatic carbocycles. The molecule has 1 aliphatic rings. The maximum atomic E-state index is 13.7. The molecule has 0 radical (unpaired) electrons. The number of para-hydroxylation sites is 1. The van der Waals surface area contributed by atoms with Crippen LogP contribution in [0.2, 0.25) is 0 Å². The van der Waals surface area contributed by atoms with Gasteiger partial charge in [0.25, 0.3) is 0 Å². The number of rotatable bonds is 1. The molecule has 3 heteroatoms. The van der Waals surface area contributed by atoms with Crippen molar-refractivity contribution in [3.63, 3.8) is 0 Å². The van der Waals surface area contributed by atoms with Gasteiger partial charge in [-0.05, 0) is 29.7 Å². The summed E-state index contributed by atoms with van der Waals surface area (Å²) < 4.78 is 13.7. The molecule has 1 unspecified atom stereocenters. The number of aromatic nitrogens is 1. The predicted molar refractivity (Wildman–Crippen MR) is 65.6 cm³/mol. The summed E-state index contributed by atoms with van der Waals surface area (Å²) in [7, 11) is 0. The number of fused-ring (bicyclic) bond motifs is 1. The normalized spacial score (nSPS) is 18.3. The fourth-order valence-electron chi connectivity index (χ4n) is 2.44. The molecule has 1 aliphatic heterocycles. The van der Waals surface area contributed by atoms with Gasteiger partial charge >= 0.3 is 0 Å². The van der Waals surface area contributed by atoms with Crippen molar-refractivity contribution in [1.29, 1.82) is 0 Å². The van der Waals surface area contributed by atoms with Crippen molar-refractivity contribution in [1.82, 2.24) is 4.98 Å². The Morgan fingerprint density at radius 1 is 1.24 bits per heavy atom. The minimum Gasteiger partial charge on any atom is -0.382 e. The quantitative estimate of drug-likeness (QED) is 0.811. The van der Waals surface area contributed by atoms with Crippen molar-refractivity contribution >= 4 is 5.69 Å². The zero-order valence-electron chi connectivity index (χ0n) is 9.36. The van der Waals surface area contributed by atoms with Crippen LogP contribution in [0, 0.1) is 5.82 Å². The van der Waals surface area contributed by atoms with E-state index in [1.54, 1.807) is 12.3 Å². The Bertz CT molecular complexity index is 525. The molecule has 0 fully saturated rings. The number of hydrogen-bond acceptors (Lipinski definition) is 2. The third-order valence-electron chi connectivity index (χ3n) is 3.24. The van der Waals surface area contributed by atoms with Gasteiger partial charge in [-0.3, -0.25) is 4.98 Å². The zero-order valence-corrected chi connectivity index (χ0v) is 9.36. The number of anilines is 1. The smallest absolute Gasteiger partial charge is 0.146 e. The van der Waals surface area contributed by atoms with Crippen LogP contribution in [0.5, 0.6) is 0 Å². The Balaban J connectivity index is 2.09. The van der Waals surface area contributed by atoms with Crippen LogP contribution in [0.4, 0.5) is 10.1 Å². The van der Waals surface area contributed by atoms with Crippen LogP contribution < -0.4 is 5.32 Å². The van der Waals surface area contributed by atoms with E-state index >= 15 is 0 Å². The highest BCUT2D eigenvalue weighted by molar-refractivity contribution is 5.58. The Morgan fingerprint density at radius 3 is 3.00 bits per heavy atom. The van der Waals surface area contributed by atoms with Crippen LogP contribution in [0.25, 0.3) is 0 Å². The van der Waals surface area contributed by atoms with E-state index in [4.69, 9.17) is 0 Å². The fourth-order valence-corrected chi connectivity index (χ4v) is 2.44. The Kier molecular flexibility index (Phi) is 2.52. The maximum Gasteiger partial charge on any atom is 0.146 e. The topological polar surface area (TPSA) is 24.9 Å². The van der Waals surface area contributed by atoms with E-state index in [1.807, 2.05) is 18.3 Å². The van der Waals surface area contributed by atoms with Crippen molar-refractivity contribution in [2.45, 2.75) is 12.3 Å². The molecule has 2 heterocycles. The van der Waals surface area contributed by atoms with Crippen molar-refractivity contribution in [2.24, 2.45) is 0 Å². The Labute approximate surface area is 99.5 Å². The van der Waals surface area contributed by atoms with Gasteiger partial charge < -0.3 is 5.32 Å². The molecule has 17 heavy (non-hydrogen) atoms. The van der Waals surface area contributed by atoms with E-state index in [0.717, 1.165) is 24.1 Å². The largest absolute Gasteiger partial charge is 0.382 e. The van der Waals surface area contributed by atoms with E-state index in [1.165, 1.54) is 6.07 Å². The Hall–Kier alpha value is -1.90. The summed E-state index contributed by atoms with van der Waals surface area (Å²) in [6, 6.07) is 9.23. The van der Waals surface area contributed by atoms with Gasteiger partial charge in [0.2, 0.25) is 0 Å². The maximum absolute atomic E-state index is 13.7. The molecule has 0 saturated carbocycles. The lowest BCUT2D eigenvalue weighted by molar-refractivity contribution is 0.614. The van der Waals surface area contributed by atoms with Crippen LogP contribution in [0.1, 0.15) is 23.5 Å². The molecular formula is C14H13FN2. The summed E-state index contributed by atoms with van der Waals surface area (Å²) in [5, 5.41) is 3.14. The van der Waals surface area contributed by atoms with E-state index in [2.05, 4.69) is 16.4 Å².